The first-order valence-electron chi connectivity index (χ1n) is 9.50. The molecule has 1 fully saturated rings. The van der Waals surface area contributed by atoms with Gasteiger partial charge >= 0.3 is 5.69 Å². The Morgan fingerprint density at radius 3 is 2.73 bits per heavy atom. The summed E-state index contributed by atoms with van der Waals surface area (Å²) in [6, 6.07) is 0. The zero-order valence-corrected chi connectivity index (χ0v) is 16.2. The molecule has 2 atom stereocenters. The molecule has 8 heteroatoms. The van der Waals surface area contributed by atoms with Gasteiger partial charge in [-0.3, -0.25) is 13.9 Å². The van der Waals surface area contributed by atoms with Gasteiger partial charge in [0.2, 0.25) is 0 Å². The lowest BCUT2D eigenvalue weighted by molar-refractivity contribution is -0.922. The van der Waals surface area contributed by atoms with Crippen LogP contribution in [0.3, 0.4) is 0 Å². The van der Waals surface area contributed by atoms with Crippen molar-refractivity contribution in [1.29, 1.82) is 0 Å². The predicted octanol–water partition coefficient (Wildman–Crippen LogP) is -0.715. The van der Waals surface area contributed by atoms with Crippen LogP contribution in [-0.4, -0.2) is 45.0 Å². The number of ether oxygens (including phenoxy) is 1. The number of rotatable bonds is 6. The van der Waals surface area contributed by atoms with Gasteiger partial charge in [0.25, 0.3) is 5.56 Å². The molecule has 0 aromatic carbocycles. The SMILES string of the molecule is CCOCCn1c(C[NH+]2CCC[C@@H](C)C2)nc2c1c(=O)n(C)c(=O)n2C. The fourth-order valence-corrected chi connectivity index (χ4v) is 3.95. The highest BCUT2D eigenvalue weighted by atomic mass is 16.5. The maximum absolute atomic E-state index is 12.8. The molecule has 0 spiro atoms. The zero-order valence-electron chi connectivity index (χ0n) is 16.2. The number of aromatic nitrogens is 4. The summed E-state index contributed by atoms with van der Waals surface area (Å²) in [6.07, 6.45) is 2.50. The molecule has 1 N–H and O–H groups in total. The van der Waals surface area contributed by atoms with E-state index in [9.17, 15) is 9.59 Å². The average Bonchev–Trinajstić information content (AvgIpc) is 2.97. The third kappa shape index (κ3) is 3.48. The third-order valence-corrected chi connectivity index (χ3v) is 5.36. The van der Waals surface area contributed by atoms with E-state index in [0.29, 0.717) is 36.8 Å². The molecule has 26 heavy (non-hydrogen) atoms. The van der Waals surface area contributed by atoms with Crippen molar-refractivity contribution < 1.29 is 9.64 Å². The van der Waals surface area contributed by atoms with Crippen LogP contribution in [0.1, 0.15) is 32.5 Å². The van der Waals surface area contributed by atoms with Crippen LogP contribution in [0.4, 0.5) is 0 Å². The molecule has 0 aliphatic carbocycles. The standard InChI is InChI=1S/C18H29N5O3/c1-5-26-10-9-23-14(12-22-8-6-7-13(2)11-22)19-16-15(23)17(24)21(4)18(25)20(16)3/h13H,5-12H2,1-4H3/p+1/t13-/m1/s1. The number of hydrogen-bond acceptors (Lipinski definition) is 4. The summed E-state index contributed by atoms with van der Waals surface area (Å²) < 4.78 is 10.1. The first-order chi connectivity index (χ1) is 12.4. The van der Waals surface area contributed by atoms with Gasteiger partial charge in [-0.15, -0.1) is 0 Å². The zero-order chi connectivity index (χ0) is 18.8. The first-order valence-corrected chi connectivity index (χ1v) is 9.50. The fraction of sp³-hybridized carbons (Fsp3) is 0.722. The average molecular weight is 364 g/mol. The van der Waals surface area contributed by atoms with Crippen LogP contribution < -0.4 is 16.1 Å². The van der Waals surface area contributed by atoms with Crippen LogP contribution in [0, 0.1) is 5.92 Å². The number of hydrogen-bond donors (Lipinski definition) is 1. The van der Waals surface area contributed by atoms with E-state index in [4.69, 9.17) is 9.72 Å². The minimum absolute atomic E-state index is 0.291. The van der Waals surface area contributed by atoms with Gasteiger partial charge in [-0.1, -0.05) is 6.92 Å². The number of piperidine rings is 1. The van der Waals surface area contributed by atoms with Crippen molar-refractivity contribution >= 4 is 11.2 Å². The highest BCUT2D eigenvalue weighted by Gasteiger charge is 2.25. The first kappa shape index (κ1) is 18.8. The Kier molecular flexibility index (Phi) is 5.62. The molecule has 2 aromatic heterocycles. The van der Waals surface area contributed by atoms with Crippen molar-refractivity contribution in [3.05, 3.63) is 26.7 Å². The molecule has 1 unspecified atom stereocenters. The van der Waals surface area contributed by atoms with Gasteiger partial charge in [-0.2, -0.15) is 0 Å². The number of likely N-dealkylation sites (tertiary alicyclic amines) is 1. The van der Waals surface area contributed by atoms with Crippen LogP contribution in [0.15, 0.2) is 9.59 Å². The Bertz CT molecular complexity index is 895. The Balaban J connectivity index is 2.07. The maximum atomic E-state index is 12.8. The molecule has 1 saturated heterocycles. The van der Waals surface area contributed by atoms with E-state index in [1.54, 1.807) is 7.05 Å². The molecular weight excluding hydrogens is 334 g/mol. The second-order valence-electron chi connectivity index (χ2n) is 7.38. The normalized spacial score (nSPS) is 20.8. The quantitative estimate of drug-likeness (QED) is 0.687. The summed E-state index contributed by atoms with van der Waals surface area (Å²) in [5, 5.41) is 0. The van der Waals surface area contributed by atoms with E-state index in [2.05, 4.69) is 6.92 Å². The smallest absolute Gasteiger partial charge is 0.332 e. The third-order valence-electron chi connectivity index (χ3n) is 5.36. The molecule has 8 nitrogen and oxygen atoms in total. The van der Waals surface area contributed by atoms with Crippen molar-refractivity contribution in [3.63, 3.8) is 0 Å². The van der Waals surface area contributed by atoms with Gasteiger partial charge in [0.1, 0.15) is 6.54 Å². The Labute approximate surface area is 153 Å². The summed E-state index contributed by atoms with van der Waals surface area (Å²) in [5.74, 6) is 1.57. The van der Waals surface area contributed by atoms with E-state index in [1.807, 2.05) is 11.5 Å². The minimum Gasteiger partial charge on any atom is -0.380 e. The van der Waals surface area contributed by atoms with Gasteiger partial charge in [-0.25, -0.2) is 9.78 Å². The van der Waals surface area contributed by atoms with Crippen molar-refractivity contribution in [2.24, 2.45) is 20.0 Å². The largest absolute Gasteiger partial charge is 0.380 e. The molecule has 3 rings (SSSR count). The maximum Gasteiger partial charge on any atom is 0.332 e. The van der Waals surface area contributed by atoms with Gasteiger partial charge in [-0.05, 0) is 19.8 Å². The molecule has 0 bridgehead atoms. The van der Waals surface area contributed by atoms with Crippen LogP contribution in [0.5, 0.6) is 0 Å². The lowest BCUT2D eigenvalue weighted by Crippen LogP contribution is -3.12. The van der Waals surface area contributed by atoms with E-state index < -0.39 is 0 Å². The number of quaternary nitrogens is 1. The molecule has 144 valence electrons. The number of nitrogens with one attached hydrogen (secondary N) is 1. The number of imidazole rings is 1. The molecule has 0 radical (unpaired) electrons. The Morgan fingerprint density at radius 2 is 2.04 bits per heavy atom. The van der Waals surface area contributed by atoms with Crippen molar-refractivity contribution in [1.82, 2.24) is 18.7 Å². The van der Waals surface area contributed by atoms with Gasteiger partial charge in [0, 0.05) is 33.2 Å². The summed E-state index contributed by atoms with van der Waals surface area (Å²) in [6.45, 7) is 8.96. The summed E-state index contributed by atoms with van der Waals surface area (Å²) in [4.78, 5) is 31.2. The number of aryl methyl sites for hydroxylation is 1. The van der Waals surface area contributed by atoms with Gasteiger partial charge in [0.15, 0.2) is 17.0 Å². The predicted molar refractivity (Wildman–Crippen MR) is 99.5 cm³/mol. The van der Waals surface area contributed by atoms with E-state index >= 15 is 0 Å². The second-order valence-corrected chi connectivity index (χ2v) is 7.38. The molecular formula is C18H30N5O3+. The van der Waals surface area contributed by atoms with Crippen molar-refractivity contribution in [2.75, 3.05) is 26.3 Å². The summed E-state index contributed by atoms with van der Waals surface area (Å²) in [5.41, 5.74) is 0.325. The number of fused-ring (bicyclic) bond motifs is 1. The molecule has 1 aliphatic heterocycles. The fourth-order valence-electron chi connectivity index (χ4n) is 3.95. The minimum atomic E-state index is -0.345. The number of nitrogens with zero attached hydrogens (tertiary/aromatic N) is 4. The lowest BCUT2D eigenvalue weighted by Gasteiger charge is -2.27. The lowest BCUT2D eigenvalue weighted by atomic mass is 10.0. The topological polar surface area (TPSA) is 75.5 Å². The van der Waals surface area contributed by atoms with E-state index in [1.165, 1.54) is 29.4 Å². The summed E-state index contributed by atoms with van der Waals surface area (Å²) in [7, 11) is 3.19. The molecule has 1 aliphatic rings. The van der Waals surface area contributed by atoms with Crippen LogP contribution in [-0.2, 0) is 31.9 Å². The van der Waals surface area contributed by atoms with Gasteiger partial charge in [0.05, 0.1) is 19.7 Å². The van der Waals surface area contributed by atoms with E-state index in [-0.39, 0.29) is 11.2 Å². The Hall–Kier alpha value is -1.93. The molecule has 0 saturated carbocycles. The highest BCUT2D eigenvalue weighted by molar-refractivity contribution is 5.71. The molecule has 0 amide bonds. The Morgan fingerprint density at radius 1 is 1.27 bits per heavy atom. The van der Waals surface area contributed by atoms with Crippen molar-refractivity contribution in [3.8, 4) is 0 Å². The van der Waals surface area contributed by atoms with Gasteiger partial charge < -0.3 is 14.2 Å². The monoisotopic (exact) mass is 364 g/mol. The van der Waals surface area contributed by atoms with Crippen LogP contribution >= 0.6 is 0 Å². The summed E-state index contributed by atoms with van der Waals surface area (Å²) >= 11 is 0. The molecule has 2 aromatic rings. The molecule has 3 heterocycles. The highest BCUT2D eigenvalue weighted by Crippen LogP contribution is 2.12. The van der Waals surface area contributed by atoms with Crippen molar-refractivity contribution in [2.45, 2.75) is 39.8 Å². The van der Waals surface area contributed by atoms with Crippen LogP contribution in [0.2, 0.25) is 0 Å². The van der Waals surface area contributed by atoms with Crippen LogP contribution in [0.25, 0.3) is 11.2 Å². The second kappa shape index (κ2) is 7.75. The van der Waals surface area contributed by atoms with E-state index in [0.717, 1.165) is 30.0 Å².